The number of nitrogens with one attached hydrogen (secondary N) is 1. The van der Waals surface area contributed by atoms with Crippen LogP contribution in [0.2, 0.25) is 0 Å². The predicted octanol–water partition coefficient (Wildman–Crippen LogP) is 3.15. The van der Waals surface area contributed by atoms with Crippen LogP contribution in [0.3, 0.4) is 0 Å². The van der Waals surface area contributed by atoms with E-state index in [2.05, 4.69) is 10.1 Å². The minimum Gasteiger partial charge on any atom is -0.406 e. The molecule has 1 aromatic rings. The highest BCUT2D eigenvalue weighted by Crippen LogP contribution is 2.31. The van der Waals surface area contributed by atoms with Crippen LogP contribution in [0, 0.1) is 5.92 Å². The highest BCUT2D eigenvalue weighted by molar-refractivity contribution is 5.80. The molecule has 1 aromatic carbocycles. The predicted molar refractivity (Wildman–Crippen MR) is 84.4 cm³/mol. The van der Waals surface area contributed by atoms with Crippen LogP contribution >= 0.6 is 0 Å². The zero-order chi connectivity index (χ0) is 17.8. The molecule has 0 spiro atoms. The van der Waals surface area contributed by atoms with Crippen molar-refractivity contribution < 1.29 is 22.7 Å². The van der Waals surface area contributed by atoms with Gasteiger partial charge in [0.15, 0.2) is 0 Å². The Hall–Kier alpha value is -1.76. The Kier molecular flexibility index (Phi) is 5.74. The van der Waals surface area contributed by atoms with Gasteiger partial charge in [-0.15, -0.1) is 13.2 Å². The van der Waals surface area contributed by atoms with Gasteiger partial charge in [-0.2, -0.15) is 0 Å². The van der Waals surface area contributed by atoms with Crippen LogP contribution in [0.1, 0.15) is 38.2 Å². The van der Waals surface area contributed by atoms with E-state index in [4.69, 9.17) is 5.73 Å². The van der Waals surface area contributed by atoms with E-state index in [1.54, 1.807) is 12.1 Å². The van der Waals surface area contributed by atoms with E-state index in [-0.39, 0.29) is 30.5 Å². The molecule has 24 heavy (non-hydrogen) atoms. The topological polar surface area (TPSA) is 64.4 Å². The summed E-state index contributed by atoms with van der Waals surface area (Å²) in [4.78, 5) is 12.3. The molecule has 0 aliphatic heterocycles. The van der Waals surface area contributed by atoms with Crippen molar-refractivity contribution in [2.75, 3.05) is 6.54 Å². The summed E-state index contributed by atoms with van der Waals surface area (Å²) in [6, 6.07) is 5.94. The number of carbonyl (C=O) groups is 1. The molecule has 7 heteroatoms. The largest absolute Gasteiger partial charge is 0.573 e. The van der Waals surface area contributed by atoms with E-state index < -0.39 is 11.9 Å². The summed E-state index contributed by atoms with van der Waals surface area (Å²) in [5.41, 5.74) is 6.06. The molecule has 0 radical (unpaired) electrons. The number of nitrogens with two attached hydrogens (primary N) is 1. The van der Waals surface area contributed by atoms with Gasteiger partial charge < -0.3 is 15.8 Å². The SMILES string of the molecule is CC1(N)CCCCC1C(=O)NCCc1ccccc1OC(F)(F)F. The number of para-hydroxylation sites is 1. The Balaban J connectivity index is 1.91. The molecule has 0 bridgehead atoms. The Labute approximate surface area is 139 Å². The lowest BCUT2D eigenvalue weighted by Crippen LogP contribution is -2.53. The minimum atomic E-state index is -4.73. The van der Waals surface area contributed by atoms with Crippen molar-refractivity contribution in [3.8, 4) is 5.75 Å². The zero-order valence-corrected chi connectivity index (χ0v) is 13.7. The van der Waals surface area contributed by atoms with Crippen molar-refractivity contribution in [2.45, 2.75) is 50.9 Å². The number of benzene rings is 1. The molecule has 2 rings (SSSR count). The first kappa shape index (κ1) is 18.6. The number of carbonyl (C=O) groups excluding carboxylic acids is 1. The van der Waals surface area contributed by atoms with Crippen LogP contribution in [-0.2, 0) is 11.2 Å². The second-order valence-electron chi connectivity index (χ2n) is 6.50. The summed E-state index contributed by atoms with van der Waals surface area (Å²) >= 11 is 0. The smallest absolute Gasteiger partial charge is 0.406 e. The van der Waals surface area contributed by atoms with Crippen LogP contribution in [0.15, 0.2) is 24.3 Å². The van der Waals surface area contributed by atoms with Gasteiger partial charge in [-0.1, -0.05) is 31.0 Å². The number of hydrogen-bond acceptors (Lipinski definition) is 3. The van der Waals surface area contributed by atoms with E-state index >= 15 is 0 Å². The number of alkyl halides is 3. The average Bonchev–Trinajstić information content (AvgIpc) is 2.47. The van der Waals surface area contributed by atoms with Gasteiger partial charge >= 0.3 is 6.36 Å². The molecule has 1 fully saturated rings. The van der Waals surface area contributed by atoms with E-state index in [0.29, 0.717) is 5.56 Å². The molecule has 0 heterocycles. The maximum atomic E-state index is 12.4. The molecule has 2 atom stereocenters. The highest BCUT2D eigenvalue weighted by atomic mass is 19.4. The molecule has 1 aliphatic rings. The van der Waals surface area contributed by atoms with Gasteiger partial charge in [0.1, 0.15) is 5.75 Å². The average molecular weight is 344 g/mol. The fourth-order valence-corrected chi connectivity index (χ4v) is 3.17. The fourth-order valence-electron chi connectivity index (χ4n) is 3.17. The molecule has 1 amide bonds. The molecule has 1 saturated carbocycles. The molecule has 1 aliphatic carbocycles. The Morgan fingerprint density at radius 2 is 2.08 bits per heavy atom. The maximum Gasteiger partial charge on any atom is 0.573 e. The standard InChI is InChI=1S/C17H23F3N2O2/c1-16(21)10-5-4-7-13(16)15(23)22-11-9-12-6-2-3-8-14(12)24-17(18,19)20/h2-3,6,8,13H,4-5,7,9-11,21H2,1H3,(H,22,23). The van der Waals surface area contributed by atoms with Crippen LogP contribution in [-0.4, -0.2) is 24.4 Å². The zero-order valence-electron chi connectivity index (χ0n) is 13.7. The monoisotopic (exact) mass is 344 g/mol. The van der Waals surface area contributed by atoms with Crippen molar-refractivity contribution >= 4 is 5.91 Å². The van der Waals surface area contributed by atoms with Crippen LogP contribution in [0.5, 0.6) is 5.75 Å². The van der Waals surface area contributed by atoms with Gasteiger partial charge in [-0.25, -0.2) is 0 Å². The second kappa shape index (κ2) is 7.42. The summed E-state index contributed by atoms with van der Waals surface area (Å²) in [6.07, 6.45) is -0.958. The van der Waals surface area contributed by atoms with Gasteiger partial charge in [0.05, 0.1) is 5.92 Å². The summed E-state index contributed by atoms with van der Waals surface area (Å²) in [5, 5.41) is 2.79. The minimum absolute atomic E-state index is 0.131. The van der Waals surface area contributed by atoms with Gasteiger partial charge in [0.2, 0.25) is 5.91 Å². The third-order valence-corrected chi connectivity index (χ3v) is 4.46. The molecular formula is C17H23F3N2O2. The number of hydrogen-bond donors (Lipinski definition) is 2. The van der Waals surface area contributed by atoms with Crippen molar-refractivity contribution in [3.63, 3.8) is 0 Å². The van der Waals surface area contributed by atoms with Gasteiger partial charge in [-0.05, 0) is 37.8 Å². The molecule has 4 nitrogen and oxygen atoms in total. The highest BCUT2D eigenvalue weighted by Gasteiger charge is 2.37. The second-order valence-corrected chi connectivity index (χ2v) is 6.50. The number of amides is 1. The van der Waals surface area contributed by atoms with Crippen molar-refractivity contribution in [1.29, 1.82) is 0 Å². The Bertz CT molecular complexity index is 573. The van der Waals surface area contributed by atoms with E-state index in [1.165, 1.54) is 12.1 Å². The van der Waals surface area contributed by atoms with Crippen LogP contribution in [0.4, 0.5) is 13.2 Å². The summed E-state index contributed by atoms with van der Waals surface area (Å²) in [6.45, 7) is 2.12. The third kappa shape index (κ3) is 5.12. The van der Waals surface area contributed by atoms with E-state index in [0.717, 1.165) is 25.7 Å². The van der Waals surface area contributed by atoms with E-state index in [9.17, 15) is 18.0 Å². The van der Waals surface area contributed by atoms with Gasteiger partial charge in [-0.3, -0.25) is 4.79 Å². The first-order valence-corrected chi connectivity index (χ1v) is 8.09. The lowest BCUT2D eigenvalue weighted by molar-refractivity contribution is -0.274. The molecule has 3 N–H and O–H groups in total. The van der Waals surface area contributed by atoms with Crippen molar-refractivity contribution in [1.82, 2.24) is 5.32 Å². The quantitative estimate of drug-likeness (QED) is 0.862. The number of ether oxygens (including phenoxy) is 1. The lowest BCUT2D eigenvalue weighted by Gasteiger charge is -2.37. The fraction of sp³-hybridized carbons (Fsp3) is 0.588. The first-order valence-electron chi connectivity index (χ1n) is 8.09. The lowest BCUT2D eigenvalue weighted by atomic mass is 9.74. The van der Waals surface area contributed by atoms with Gasteiger partial charge in [0.25, 0.3) is 0 Å². The van der Waals surface area contributed by atoms with Crippen LogP contribution < -0.4 is 15.8 Å². The molecule has 0 aromatic heterocycles. The summed E-state index contributed by atoms with van der Waals surface area (Å²) < 4.78 is 41.2. The summed E-state index contributed by atoms with van der Waals surface area (Å²) in [7, 11) is 0. The normalized spacial score (nSPS) is 24.5. The third-order valence-electron chi connectivity index (χ3n) is 4.46. The Morgan fingerprint density at radius 3 is 2.75 bits per heavy atom. The number of rotatable bonds is 5. The summed E-state index contributed by atoms with van der Waals surface area (Å²) in [5.74, 6) is -0.623. The first-order chi connectivity index (χ1) is 11.2. The van der Waals surface area contributed by atoms with Crippen molar-refractivity contribution in [2.24, 2.45) is 11.7 Å². The van der Waals surface area contributed by atoms with E-state index in [1.807, 2.05) is 6.92 Å². The Morgan fingerprint density at radius 1 is 1.38 bits per heavy atom. The van der Waals surface area contributed by atoms with Crippen LogP contribution in [0.25, 0.3) is 0 Å². The number of halogens is 3. The maximum absolute atomic E-state index is 12.4. The van der Waals surface area contributed by atoms with Crippen molar-refractivity contribution in [3.05, 3.63) is 29.8 Å². The molecule has 2 unspecified atom stereocenters. The molecular weight excluding hydrogens is 321 g/mol. The molecule has 134 valence electrons. The molecule has 0 saturated heterocycles. The van der Waals surface area contributed by atoms with Gasteiger partial charge in [0, 0.05) is 12.1 Å².